The van der Waals surface area contributed by atoms with Gasteiger partial charge in [0.1, 0.15) is 0 Å². The number of amides is 2. The lowest BCUT2D eigenvalue weighted by Crippen LogP contribution is -2.51. The Kier molecular flexibility index (Phi) is 4.95. The molecule has 2 fully saturated rings. The average molecular weight is 325 g/mol. The zero-order valence-corrected chi connectivity index (χ0v) is 13.7. The molecule has 0 aliphatic carbocycles. The summed E-state index contributed by atoms with van der Waals surface area (Å²) < 4.78 is 11.3. The highest BCUT2D eigenvalue weighted by molar-refractivity contribution is 7.09. The first-order valence-corrected chi connectivity index (χ1v) is 8.76. The smallest absolute Gasteiger partial charge is 0.315 e. The molecule has 3 rings (SSSR count). The Bertz CT molecular complexity index is 514. The van der Waals surface area contributed by atoms with Crippen LogP contribution in [0.4, 0.5) is 4.79 Å². The molecule has 1 aromatic rings. The van der Waals surface area contributed by atoms with Gasteiger partial charge in [-0.1, -0.05) is 6.92 Å². The highest BCUT2D eigenvalue weighted by Crippen LogP contribution is 2.32. The predicted octanol–water partition coefficient (Wildman–Crippen LogP) is 1.84. The molecule has 2 N–H and O–H groups in total. The summed E-state index contributed by atoms with van der Waals surface area (Å²) in [5.74, 6) is 0. The number of aryl methyl sites for hydroxylation is 1. The van der Waals surface area contributed by atoms with Crippen LogP contribution < -0.4 is 10.6 Å². The van der Waals surface area contributed by atoms with Gasteiger partial charge < -0.3 is 20.1 Å². The van der Waals surface area contributed by atoms with Crippen molar-refractivity contribution in [3.8, 4) is 0 Å². The zero-order chi connectivity index (χ0) is 15.4. The number of nitrogens with one attached hydrogen (secondary N) is 2. The first-order chi connectivity index (χ1) is 10.7. The number of thiazole rings is 1. The second-order valence-corrected chi connectivity index (χ2v) is 6.88. The molecule has 0 aromatic carbocycles. The molecule has 6 nitrogen and oxygen atoms in total. The van der Waals surface area contributed by atoms with Crippen molar-refractivity contribution in [2.45, 2.75) is 50.8 Å². The topological polar surface area (TPSA) is 72.5 Å². The van der Waals surface area contributed by atoms with Crippen molar-refractivity contribution in [2.24, 2.45) is 0 Å². The lowest BCUT2D eigenvalue weighted by Gasteiger charge is -2.37. The van der Waals surface area contributed by atoms with Gasteiger partial charge in [0.15, 0.2) is 0 Å². The van der Waals surface area contributed by atoms with Crippen LogP contribution in [0.3, 0.4) is 0 Å². The van der Waals surface area contributed by atoms with Gasteiger partial charge in [0.05, 0.1) is 29.5 Å². The average Bonchev–Trinajstić information content (AvgIpc) is 3.15. The first kappa shape index (κ1) is 15.7. The monoisotopic (exact) mass is 325 g/mol. The number of urea groups is 1. The van der Waals surface area contributed by atoms with E-state index in [-0.39, 0.29) is 17.7 Å². The van der Waals surface area contributed by atoms with E-state index in [0.717, 1.165) is 43.0 Å². The fourth-order valence-electron chi connectivity index (χ4n) is 3.01. The molecule has 1 aromatic heterocycles. The highest BCUT2D eigenvalue weighted by Gasteiger charge is 2.41. The van der Waals surface area contributed by atoms with Crippen LogP contribution in [-0.2, 0) is 22.4 Å². The molecular weight excluding hydrogens is 302 g/mol. The summed E-state index contributed by atoms with van der Waals surface area (Å²) in [6, 6.07) is 0.0177. The maximum absolute atomic E-state index is 12.0. The third-order valence-corrected chi connectivity index (χ3v) is 5.27. The molecule has 0 radical (unpaired) electrons. The molecule has 22 heavy (non-hydrogen) atoms. The maximum Gasteiger partial charge on any atom is 0.315 e. The summed E-state index contributed by atoms with van der Waals surface area (Å²) in [6.07, 6.45) is 3.54. The minimum atomic E-state index is -0.179. The Morgan fingerprint density at radius 1 is 1.55 bits per heavy atom. The van der Waals surface area contributed by atoms with E-state index in [2.05, 4.69) is 22.5 Å². The largest absolute Gasteiger partial charge is 0.378 e. The van der Waals surface area contributed by atoms with E-state index < -0.39 is 0 Å². The Morgan fingerprint density at radius 2 is 2.45 bits per heavy atom. The minimum absolute atomic E-state index is 0.132. The summed E-state index contributed by atoms with van der Waals surface area (Å²) in [4.78, 5) is 16.5. The van der Waals surface area contributed by atoms with E-state index in [9.17, 15) is 4.79 Å². The molecule has 0 unspecified atom stereocenters. The van der Waals surface area contributed by atoms with Gasteiger partial charge in [-0.3, -0.25) is 0 Å². The van der Waals surface area contributed by atoms with Gasteiger partial charge in [0.2, 0.25) is 0 Å². The lowest BCUT2D eigenvalue weighted by atomic mass is 9.90. The van der Waals surface area contributed by atoms with Crippen LogP contribution >= 0.6 is 11.3 Å². The number of hydrogen-bond donors (Lipinski definition) is 2. The number of carbonyl (C=O) groups is 1. The second kappa shape index (κ2) is 6.93. The molecule has 3 heterocycles. The number of carbonyl (C=O) groups excluding carboxylic acids is 1. The normalized spacial score (nSPS) is 28.0. The number of nitrogens with zero attached hydrogens (tertiary/aromatic N) is 1. The summed E-state index contributed by atoms with van der Waals surface area (Å²) in [7, 11) is 0. The van der Waals surface area contributed by atoms with Gasteiger partial charge >= 0.3 is 6.03 Å². The number of rotatable bonds is 4. The fraction of sp³-hybridized carbons (Fsp3) is 0.733. The third kappa shape index (κ3) is 3.77. The highest BCUT2D eigenvalue weighted by atomic mass is 32.1. The molecule has 2 atom stereocenters. The quantitative estimate of drug-likeness (QED) is 0.886. The van der Waals surface area contributed by atoms with E-state index in [4.69, 9.17) is 9.47 Å². The van der Waals surface area contributed by atoms with Crippen LogP contribution in [0.25, 0.3) is 0 Å². The molecule has 0 saturated carbocycles. The second-order valence-electron chi connectivity index (χ2n) is 5.94. The van der Waals surface area contributed by atoms with Crippen LogP contribution in [0.2, 0.25) is 0 Å². The summed E-state index contributed by atoms with van der Waals surface area (Å²) in [5.41, 5.74) is 0.742. The van der Waals surface area contributed by atoms with Gasteiger partial charge in [-0.2, -0.15) is 0 Å². The fourth-order valence-corrected chi connectivity index (χ4v) is 3.76. The van der Waals surface area contributed by atoms with E-state index >= 15 is 0 Å². The minimum Gasteiger partial charge on any atom is -0.378 e. The van der Waals surface area contributed by atoms with Gasteiger partial charge in [0, 0.05) is 31.1 Å². The zero-order valence-electron chi connectivity index (χ0n) is 12.9. The number of ether oxygens (including phenoxy) is 2. The first-order valence-electron chi connectivity index (χ1n) is 7.88. The Morgan fingerprint density at radius 3 is 3.18 bits per heavy atom. The van der Waals surface area contributed by atoms with E-state index in [0.29, 0.717) is 19.8 Å². The van der Waals surface area contributed by atoms with Crippen molar-refractivity contribution < 1.29 is 14.3 Å². The van der Waals surface area contributed by atoms with Crippen LogP contribution in [-0.4, -0.2) is 42.5 Å². The van der Waals surface area contributed by atoms with E-state index in [1.165, 1.54) is 0 Å². The molecule has 7 heteroatoms. The third-order valence-electron chi connectivity index (χ3n) is 4.23. The molecule has 2 aliphatic rings. The summed E-state index contributed by atoms with van der Waals surface area (Å²) in [6.45, 7) is 4.63. The molecule has 2 amide bonds. The maximum atomic E-state index is 12.0. The van der Waals surface area contributed by atoms with Crippen LogP contribution in [0, 0.1) is 0 Å². The van der Waals surface area contributed by atoms with E-state index in [1.54, 1.807) is 11.3 Å². The van der Waals surface area contributed by atoms with Gasteiger partial charge in [0.25, 0.3) is 0 Å². The summed E-state index contributed by atoms with van der Waals surface area (Å²) in [5, 5.41) is 9.04. The molecule has 2 aliphatic heterocycles. The number of aromatic nitrogens is 1. The standard InChI is InChI=1S/C15H23N3O3S/c1-2-13-17-12(9-22-13)8-16-14(19)18-11-3-5-21-15(7-11)4-6-20-10-15/h9,11H,2-8,10H2,1H3,(H2,16,18,19)/t11-,15+/m1/s1. The summed E-state index contributed by atoms with van der Waals surface area (Å²) >= 11 is 1.64. The SMILES string of the molecule is CCc1nc(CNC(=O)N[C@@H]2CCO[C@@]3(CCOC3)C2)cs1. The lowest BCUT2D eigenvalue weighted by molar-refractivity contribution is -0.0878. The molecule has 1 spiro atoms. The van der Waals surface area contributed by atoms with Crippen LogP contribution in [0.1, 0.15) is 36.9 Å². The van der Waals surface area contributed by atoms with Crippen molar-refractivity contribution in [1.82, 2.24) is 15.6 Å². The molecule has 122 valence electrons. The van der Waals surface area contributed by atoms with Crippen molar-refractivity contribution >= 4 is 17.4 Å². The van der Waals surface area contributed by atoms with Crippen molar-refractivity contribution in [3.05, 3.63) is 16.1 Å². The van der Waals surface area contributed by atoms with Crippen molar-refractivity contribution in [2.75, 3.05) is 19.8 Å². The van der Waals surface area contributed by atoms with Crippen molar-refractivity contribution in [1.29, 1.82) is 0 Å². The van der Waals surface area contributed by atoms with Gasteiger partial charge in [-0.15, -0.1) is 11.3 Å². The van der Waals surface area contributed by atoms with E-state index in [1.807, 2.05) is 5.38 Å². The molecule has 0 bridgehead atoms. The molecule has 2 saturated heterocycles. The van der Waals surface area contributed by atoms with Crippen LogP contribution in [0.5, 0.6) is 0 Å². The Hall–Kier alpha value is -1.18. The van der Waals surface area contributed by atoms with Gasteiger partial charge in [-0.25, -0.2) is 9.78 Å². The number of hydrogen-bond acceptors (Lipinski definition) is 5. The Balaban J connectivity index is 1.45. The van der Waals surface area contributed by atoms with Crippen molar-refractivity contribution in [3.63, 3.8) is 0 Å². The molecular formula is C15H23N3O3S. The predicted molar refractivity (Wildman–Crippen MR) is 84.0 cm³/mol. The van der Waals surface area contributed by atoms with Gasteiger partial charge in [-0.05, 0) is 19.3 Å². The van der Waals surface area contributed by atoms with Crippen LogP contribution in [0.15, 0.2) is 5.38 Å². The Labute approximate surface area is 134 Å².